The predicted molar refractivity (Wildman–Crippen MR) is 76.9 cm³/mol. The van der Waals surface area contributed by atoms with Crippen molar-refractivity contribution in [3.8, 4) is 0 Å². The molecule has 0 spiro atoms. The molecule has 0 radical (unpaired) electrons. The summed E-state index contributed by atoms with van der Waals surface area (Å²) in [5.41, 5.74) is 1.69. The van der Waals surface area contributed by atoms with Gasteiger partial charge in [-0.2, -0.15) is 0 Å². The molecule has 1 aromatic rings. The van der Waals surface area contributed by atoms with Crippen LogP contribution in [0.25, 0.3) is 0 Å². The molecule has 3 rings (SSSR count). The second-order valence-corrected chi connectivity index (χ2v) is 7.49. The van der Waals surface area contributed by atoms with E-state index in [1.54, 1.807) is 10.4 Å². The topological polar surface area (TPSA) is 40.6 Å². The van der Waals surface area contributed by atoms with Gasteiger partial charge >= 0.3 is 0 Å². The molecular formula is C14H19FN2O2S. The highest BCUT2D eigenvalue weighted by Crippen LogP contribution is 2.29. The number of hydrogen-bond acceptors (Lipinski definition) is 3. The third-order valence-corrected chi connectivity index (χ3v) is 6.07. The van der Waals surface area contributed by atoms with E-state index in [9.17, 15) is 12.8 Å². The summed E-state index contributed by atoms with van der Waals surface area (Å²) in [6.45, 7) is 2.62. The van der Waals surface area contributed by atoms with Crippen molar-refractivity contribution in [2.45, 2.75) is 19.3 Å². The van der Waals surface area contributed by atoms with Crippen LogP contribution < -0.4 is 4.90 Å². The van der Waals surface area contributed by atoms with Gasteiger partial charge in [0.05, 0.1) is 5.75 Å². The molecule has 1 saturated heterocycles. The maximum atomic E-state index is 13.8. The third-order valence-electron chi connectivity index (χ3n) is 4.11. The van der Waals surface area contributed by atoms with Crippen molar-refractivity contribution >= 4 is 15.7 Å². The van der Waals surface area contributed by atoms with Gasteiger partial charge in [-0.05, 0) is 31.4 Å². The third kappa shape index (κ3) is 2.54. The molecule has 2 aliphatic heterocycles. The number of fused-ring (bicyclic) bond motifs is 1. The van der Waals surface area contributed by atoms with Gasteiger partial charge in [0.1, 0.15) is 5.82 Å². The average molecular weight is 298 g/mol. The fourth-order valence-corrected chi connectivity index (χ4v) is 4.58. The Balaban J connectivity index is 1.73. The molecule has 0 amide bonds. The maximum absolute atomic E-state index is 13.8. The van der Waals surface area contributed by atoms with E-state index in [0.717, 1.165) is 30.6 Å². The zero-order valence-corrected chi connectivity index (χ0v) is 12.2. The molecule has 4 nitrogen and oxygen atoms in total. The van der Waals surface area contributed by atoms with Gasteiger partial charge in [0.2, 0.25) is 10.0 Å². The number of anilines is 1. The van der Waals surface area contributed by atoms with Gasteiger partial charge in [-0.3, -0.25) is 0 Å². The summed E-state index contributed by atoms with van der Waals surface area (Å²) in [7, 11) is -3.04. The van der Waals surface area contributed by atoms with E-state index in [2.05, 4.69) is 4.90 Å². The van der Waals surface area contributed by atoms with Crippen molar-refractivity contribution < 1.29 is 12.8 Å². The number of rotatable bonds is 3. The van der Waals surface area contributed by atoms with Gasteiger partial charge in [-0.25, -0.2) is 17.1 Å². The maximum Gasteiger partial charge on any atom is 0.214 e. The first-order valence-corrected chi connectivity index (χ1v) is 8.69. The zero-order valence-electron chi connectivity index (χ0n) is 11.4. The molecular weight excluding hydrogens is 279 g/mol. The molecule has 2 aliphatic rings. The van der Waals surface area contributed by atoms with Crippen molar-refractivity contribution in [1.82, 2.24) is 4.31 Å². The van der Waals surface area contributed by atoms with Crippen LogP contribution in [0, 0.1) is 5.82 Å². The Morgan fingerprint density at radius 3 is 2.75 bits per heavy atom. The van der Waals surface area contributed by atoms with Crippen molar-refractivity contribution in [3.05, 3.63) is 29.6 Å². The average Bonchev–Trinajstić information content (AvgIpc) is 2.76. The molecule has 0 bridgehead atoms. The molecule has 1 aromatic carbocycles. The molecule has 110 valence electrons. The lowest BCUT2D eigenvalue weighted by Crippen LogP contribution is -2.38. The Morgan fingerprint density at radius 2 is 2.00 bits per heavy atom. The van der Waals surface area contributed by atoms with Crippen LogP contribution in [-0.2, 0) is 16.4 Å². The lowest BCUT2D eigenvalue weighted by atomic mass is 10.0. The molecule has 0 unspecified atom stereocenters. The largest absolute Gasteiger partial charge is 0.370 e. The van der Waals surface area contributed by atoms with Crippen LogP contribution in [0.5, 0.6) is 0 Å². The number of hydrogen-bond donors (Lipinski definition) is 0. The van der Waals surface area contributed by atoms with Crippen LogP contribution in [0.3, 0.4) is 0 Å². The molecule has 0 saturated carbocycles. The summed E-state index contributed by atoms with van der Waals surface area (Å²) in [4.78, 5) is 2.11. The van der Waals surface area contributed by atoms with Gasteiger partial charge in [0.15, 0.2) is 0 Å². The first kappa shape index (κ1) is 13.8. The Kier molecular flexibility index (Phi) is 3.69. The van der Waals surface area contributed by atoms with Crippen LogP contribution in [0.4, 0.5) is 10.1 Å². The molecule has 2 heterocycles. The summed E-state index contributed by atoms with van der Waals surface area (Å²) in [6.07, 6.45) is 2.40. The molecule has 0 N–H and O–H groups in total. The predicted octanol–water partition coefficient (Wildman–Crippen LogP) is 1.61. The van der Waals surface area contributed by atoms with Crippen molar-refractivity contribution in [2.24, 2.45) is 0 Å². The van der Waals surface area contributed by atoms with Crippen LogP contribution >= 0.6 is 0 Å². The summed E-state index contributed by atoms with van der Waals surface area (Å²) >= 11 is 0. The number of benzene rings is 1. The van der Waals surface area contributed by atoms with Crippen molar-refractivity contribution in [1.29, 1.82) is 0 Å². The minimum atomic E-state index is -3.04. The van der Waals surface area contributed by atoms with Gasteiger partial charge in [0.25, 0.3) is 0 Å². The van der Waals surface area contributed by atoms with E-state index < -0.39 is 10.0 Å². The number of sulfonamides is 1. The molecule has 20 heavy (non-hydrogen) atoms. The SMILES string of the molecule is O=S1(=O)CCCN1CCN1CCCc2c(F)cccc21. The highest BCUT2D eigenvalue weighted by atomic mass is 32.2. The molecule has 1 fully saturated rings. The Bertz CT molecular complexity index is 603. The van der Waals surface area contributed by atoms with Crippen LogP contribution in [-0.4, -0.2) is 44.7 Å². The van der Waals surface area contributed by atoms with Crippen LogP contribution in [0.2, 0.25) is 0 Å². The summed E-state index contributed by atoms with van der Waals surface area (Å²) in [5.74, 6) is 0.110. The van der Waals surface area contributed by atoms with Gasteiger partial charge < -0.3 is 4.90 Å². The fourth-order valence-electron chi connectivity index (χ4n) is 3.07. The van der Waals surface area contributed by atoms with E-state index in [0.29, 0.717) is 26.1 Å². The quantitative estimate of drug-likeness (QED) is 0.851. The highest BCUT2D eigenvalue weighted by molar-refractivity contribution is 7.89. The first-order valence-electron chi connectivity index (χ1n) is 7.08. The van der Waals surface area contributed by atoms with E-state index >= 15 is 0 Å². The second kappa shape index (κ2) is 5.33. The molecule has 0 atom stereocenters. The van der Waals surface area contributed by atoms with E-state index in [4.69, 9.17) is 0 Å². The smallest absolute Gasteiger partial charge is 0.214 e. The normalized spacial score (nSPS) is 21.9. The van der Waals surface area contributed by atoms with Gasteiger partial charge in [-0.1, -0.05) is 6.07 Å². The molecule has 6 heteroatoms. The minimum absolute atomic E-state index is 0.152. The van der Waals surface area contributed by atoms with Crippen molar-refractivity contribution in [2.75, 3.05) is 36.8 Å². The van der Waals surface area contributed by atoms with Gasteiger partial charge in [0, 0.05) is 37.4 Å². The van der Waals surface area contributed by atoms with Crippen LogP contribution in [0.15, 0.2) is 18.2 Å². The van der Waals surface area contributed by atoms with Crippen LogP contribution in [0.1, 0.15) is 18.4 Å². The Labute approximate surface area is 119 Å². The second-order valence-electron chi connectivity index (χ2n) is 5.40. The Morgan fingerprint density at radius 1 is 1.15 bits per heavy atom. The minimum Gasteiger partial charge on any atom is -0.370 e. The molecule has 0 aliphatic carbocycles. The number of halogens is 1. The summed E-state index contributed by atoms with van der Waals surface area (Å²) in [6, 6.07) is 5.14. The lowest BCUT2D eigenvalue weighted by Gasteiger charge is -2.32. The van der Waals surface area contributed by atoms with E-state index in [-0.39, 0.29) is 11.6 Å². The van der Waals surface area contributed by atoms with Crippen molar-refractivity contribution in [3.63, 3.8) is 0 Å². The summed E-state index contributed by atoms with van der Waals surface area (Å²) in [5, 5.41) is 0. The zero-order chi connectivity index (χ0) is 14.2. The monoisotopic (exact) mass is 298 g/mol. The standard InChI is InChI=1S/C14H19FN2O2S/c15-13-5-1-6-14-12(13)4-2-7-16(14)9-10-17-8-3-11-20(17,18)19/h1,5-6H,2-4,7-11H2. The summed E-state index contributed by atoms with van der Waals surface area (Å²) < 4.78 is 38.9. The number of nitrogens with zero attached hydrogens (tertiary/aromatic N) is 2. The lowest BCUT2D eigenvalue weighted by molar-refractivity contribution is 0.443. The first-order chi connectivity index (χ1) is 9.58. The molecule has 0 aromatic heterocycles. The van der Waals surface area contributed by atoms with E-state index in [1.807, 2.05) is 6.07 Å². The highest BCUT2D eigenvalue weighted by Gasteiger charge is 2.29. The Hall–Kier alpha value is -1.14. The van der Waals surface area contributed by atoms with Gasteiger partial charge in [-0.15, -0.1) is 0 Å². The van der Waals surface area contributed by atoms with E-state index in [1.165, 1.54) is 6.07 Å². The fraction of sp³-hybridized carbons (Fsp3) is 0.571.